The van der Waals surface area contributed by atoms with Gasteiger partial charge in [0.1, 0.15) is 6.10 Å². The molecule has 0 spiro atoms. The minimum Gasteiger partial charge on any atom is -0.376 e. The smallest absolute Gasteiger partial charge is 0.269 e. The average molecular weight is 222 g/mol. The zero-order chi connectivity index (χ0) is 11.4. The van der Waals surface area contributed by atoms with E-state index in [4.69, 9.17) is 9.47 Å². The molecule has 1 aromatic rings. The maximum atomic E-state index is 10.5. The summed E-state index contributed by atoms with van der Waals surface area (Å²) >= 11 is 0. The summed E-state index contributed by atoms with van der Waals surface area (Å²) in [5, 5.41) is 10.5. The summed E-state index contributed by atoms with van der Waals surface area (Å²) in [6.07, 6.45) is 1.53. The third kappa shape index (κ3) is 2.77. The number of benzene rings is 1. The van der Waals surface area contributed by atoms with Crippen molar-refractivity contribution < 1.29 is 14.4 Å². The van der Waals surface area contributed by atoms with Crippen molar-refractivity contribution in [3.63, 3.8) is 0 Å². The molecule has 5 heteroatoms. The van der Waals surface area contributed by atoms with Gasteiger partial charge in [0.15, 0.2) is 0 Å². The van der Waals surface area contributed by atoms with Crippen LogP contribution in [0.1, 0.15) is 5.56 Å². The van der Waals surface area contributed by atoms with E-state index in [0.29, 0.717) is 26.2 Å². The van der Waals surface area contributed by atoms with E-state index >= 15 is 0 Å². The minimum absolute atomic E-state index is 0.106. The minimum atomic E-state index is -0.406. The Balaban J connectivity index is 1.96. The van der Waals surface area contributed by atoms with Gasteiger partial charge in [-0.3, -0.25) is 10.1 Å². The third-order valence-corrected chi connectivity index (χ3v) is 2.35. The first-order valence-electron chi connectivity index (χ1n) is 5.04. The molecule has 0 saturated carbocycles. The van der Waals surface area contributed by atoms with Gasteiger partial charge in [0.05, 0.1) is 24.7 Å². The number of hydrogen-bond acceptors (Lipinski definition) is 4. The van der Waals surface area contributed by atoms with E-state index in [9.17, 15) is 10.1 Å². The highest BCUT2D eigenvalue weighted by Crippen LogP contribution is 2.18. The van der Waals surface area contributed by atoms with E-state index in [0.717, 1.165) is 11.7 Å². The Morgan fingerprint density at radius 3 is 2.56 bits per heavy atom. The van der Waals surface area contributed by atoms with E-state index < -0.39 is 4.92 Å². The predicted octanol–water partition coefficient (Wildman–Crippen LogP) is 1.72. The fourth-order valence-corrected chi connectivity index (χ4v) is 1.54. The molecule has 16 heavy (non-hydrogen) atoms. The summed E-state index contributed by atoms with van der Waals surface area (Å²) in [7, 11) is 0. The Labute approximate surface area is 93.1 Å². The van der Waals surface area contributed by atoms with Gasteiger partial charge in [-0.2, -0.15) is 0 Å². The lowest BCUT2D eigenvalue weighted by Gasteiger charge is -2.21. The average Bonchev–Trinajstić information content (AvgIpc) is 2.31. The van der Waals surface area contributed by atoms with E-state index in [1.807, 2.05) is 0 Å². The lowest BCUT2D eigenvalue weighted by molar-refractivity contribution is -0.384. The van der Waals surface area contributed by atoms with Crippen molar-refractivity contribution in [2.45, 2.75) is 6.42 Å². The summed E-state index contributed by atoms with van der Waals surface area (Å²) in [4.78, 5) is 10.1. The van der Waals surface area contributed by atoms with Crippen LogP contribution in [0.5, 0.6) is 0 Å². The molecule has 0 atom stereocenters. The number of ether oxygens (including phenoxy) is 2. The molecule has 1 fully saturated rings. The van der Waals surface area contributed by atoms with Gasteiger partial charge < -0.3 is 9.47 Å². The Morgan fingerprint density at radius 1 is 1.25 bits per heavy atom. The van der Waals surface area contributed by atoms with Gasteiger partial charge in [0.2, 0.25) is 0 Å². The van der Waals surface area contributed by atoms with Crippen molar-refractivity contribution in [3.05, 3.63) is 46.0 Å². The largest absolute Gasteiger partial charge is 0.376 e. The molecule has 1 aliphatic rings. The van der Waals surface area contributed by atoms with Gasteiger partial charge >= 0.3 is 0 Å². The van der Waals surface area contributed by atoms with Crippen molar-refractivity contribution in [3.8, 4) is 0 Å². The Morgan fingerprint density at radius 2 is 2.00 bits per heavy atom. The summed E-state index contributed by atoms with van der Waals surface area (Å²) in [5.74, 6) is 0. The first-order chi connectivity index (χ1) is 7.75. The Hall–Kier alpha value is -1.46. The number of nitrogens with zero attached hydrogens (tertiary/aromatic N) is 1. The molecule has 1 aliphatic heterocycles. The van der Waals surface area contributed by atoms with Crippen LogP contribution < -0.4 is 0 Å². The fraction of sp³-hybridized carbons (Fsp3) is 0.364. The van der Waals surface area contributed by atoms with Crippen molar-refractivity contribution in [2.24, 2.45) is 0 Å². The second kappa shape index (κ2) is 5.05. The van der Waals surface area contributed by atoms with Gasteiger partial charge in [0, 0.05) is 18.6 Å². The molecule has 0 amide bonds. The van der Waals surface area contributed by atoms with Crippen LogP contribution in [-0.4, -0.2) is 24.7 Å². The standard InChI is InChI=1S/C11H12NO4/c13-12(14)10-3-1-9(2-4-10)7-11-8-15-5-6-16-11/h1-4H,5-8H2. The van der Waals surface area contributed by atoms with Crippen LogP contribution in [0, 0.1) is 16.2 Å². The number of rotatable bonds is 3. The first kappa shape index (κ1) is 11.0. The molecule has 0 N–H and O–H groups in total. The molecule has 2 rings (SSSR count). The van der Waals surface area contributed by atoms with Gasteiger partial charge in [0.25, 0.3) is 5.69 Å². The van der Waals surface area contributed by atoms with Crippen molar-refractivity contribution >= 4 is 5.69 Å². The van der Waals surface area contributed by atoms with Crippen LogP contribution in [0.25, 0.3) is 0 Å². The van der Waals surface area contributed by atoms with Gasteiger partial charge in [-0.1, -0.05) is 12.1 Å². The van der Waals surface area contributed by atoms with E-state index in [1.165, 1.54) is 12.1 Å². The first-order valence-corrected chi connectivity index (χ1v) is 5.04. The second-order valence-electron chi connectivity index (χ2n) is 3.54. The molecule has 1 saturated heterocycles. The van der Waals surface area contributed by atoms with Crippen molar-refractivity contribution in [1.29, 1.82) is 0 Å². The zero-order valence-electron chi connectivity index (χ0n) is 8.72. The maximum Gasteiger partial charge on any atom is 0.269 e. The van der Waals surface area contributed by atoms with Crippen LogP contribution in [-0.2, 0) is 15.9 Å². The third-order valence-electron chi connectivity index (χ3n) is 2.35. The molecular weight excluding hydrogens is 210 g/mol. The molecule has 1 radical (unpaired) electrons. The predicted molar refractivity (Wildman–Crippen MR) is 56.8 cm³/mol. The molecule has 0 bridgehead atoms. The lowest BCUT2D eigenvalue weighted by Crippen LogP contribution is -2.23. The Kier molecular flexibility index (Phi) is 3.48. The highest BCUT2D eigenvalue weighted by atomic mass is 16.6. The number of hydrogen-bond donors (Lipinski definition) is 0. The highest BCUT2D eigenvalue weighted by Gasteiger charge is 2.16. The van der Waals surface area contributed by atoms with Gasteiger partial charge in [-0.05, 0) is 5.56 Å². The summed E-state index contributed by atoms with van der Waals surface area (Å²) in [6.45, 7) is 1.73. The lowest BCUT2D eigenvalue weighted by atomic mass is 10.1. The van der Waals surface area contributed by atoms with Crippen molar-refractivity contribution in [2.75, 3.05) is 19.8 Å². The number of non-ortho nitro benzene ring substituents is 1. The summed E-state index contributed by atoms with van der Waals surface area (Å²) in [5.41, 5.74) is 1.10. The molecule has 5 nitrogen and oxygen atoms in total. The van der Waals surface area contributed by atoms with Crippen LogP contribution in [0.3, 0.4) is 0 Å². The molecule has 0 aromatic heterocycles. The zero-order valence-corrected chi connectivity index (χ0v) is 8.72. The maximum absolute atomic E-state index is 10.5. The normalized spacial score (nSPS) is 17.2. The summed E-state index contributed by atoms with van der Waals surface area (Å²) < 4.78 is 10.7. The Bertz CT molecular complexity index is 357. The highest BCUT2D eigenvalue weighted by molar-refractivity contribution is 5.33. The number of nitro benzene ring substituents is 1. The molecule has 1 aromatic carbocycles. The van der Waals surface area contributed by atoms with Gasteiger partial charge in [-0.15, -0.1) is 0 Å². The van der Waals surface area contributed by atoms with Crippen LogP contribution in [0.2, 0.25) is 0 Å². The van der Waals surface area contributed by atoms with E-state index in [-0.39, 0.29) is 5.69 Å². The van der Waals surface area contributed by atoms with E-state index in [2.05, 4.69) is 0 Å². The second-order valence-corrected chi connectivity index (χ2v) is 3.54. The topological polar surface area (TPSA) is 61.6 Å². The van der Waals surface area contributed by atoms with E-state index in [1.54, 1.807) is 12.1 Å². The molecule has 0 unspecified atom stereocenters. The van der Waals surface area contributed by atoms with Crippen LogP contribution in [0.4, 0.5) is 5.69 Å². The molecule has 1 heterocycles. The molecular formula is C11H12NO4. The van der Waals surface area contributed by atoms with Crippen LogP contribution in [0.15, 0.2) is 24.3 Å². The molecule has 0 aliphatic carbocycles. The SMILES string of the molecule is O=[N+]([O-])c1ccc(C[C]2COCCO2)cc1. The number of nitro groups is 1. The molecule has 85 valence electrons. The monoisotopic (exact) mass is 222 g/mol. The van der Waals surface area contributed by atoms with Gasteiger partial charge in [-0.25, -0.2) is 0 Å². The fourth-order valence-electron chi connectivity index (χ4n) is 1.54. The quantitative estimate of drug-likeness (QED) is 0.577. The summed E-state index contributed by atoms with van der Waals surface area (Å²) in [6, 6.07) is 6.48. The van der Waals surface area contributed by atoms with Crippen LogP contribution >= 0.6 is 0 Å². The van der Waals surface area contributed by atoms with Crippen molar-refractivity contribution in [1.82, 2.24) is 0 Å².